The Morgan fingerprint density at radius 1 is 1.30 bits per heavy atom. The van der Waals surface area contributed by atoms with Crippen molar-refractivity contribution in [3.8, 4) is 0 Å². The van der Waals surface area contributed by atoms with E-state index in [-0.39, 0.29) is 17.7 Å². The average molecular weight is 283 g/mol. The summed E-state index contributed by atoms with van der Waals surface area (Å²) in [6.45, 7) is 3.66. The molecular formula is C16H23F2NO. The zero-order chi connectivity index (χ0) is 14.4. The summed E-state index contributed by atoms with van der Waals surface area (Å²) in [5.74, 6) is -0.937. The van der Waals surface area contributed by atoms with Gasteiger partial charge in [-0.15, -0.1) is 0 Å². The number of rotatable bonds is 6. The second-order valence-electron chi connectivity index (χ2n) is 5.37. The van der Waals surface area contributed by atoms with Crippen molar-refractivity contribution in [2.24, 2.45) is 0 Å². The summed E-state index contributed by atoms with van der Waals surface area (Å²) in [7, 11) is 0. The fourth-order valence-electron chi connectivity index (χ4n) is 2.70. The molecule has 0 radical (unpaired) electrons. The second kappa shape index (κ2) is 7.70. The van der Waals surface area contributed by atoms with Crippen molar-refractivity contribution in [3.05, 3.63) is 35.4 Å². The summed E-state index contributed by atoms with van der Waals surface area (Å²) < 4.78 is 33.4. The molecule has 0 bridgehead atoms. The number of ether oxygens (including phenoxy) is 1. The molecule has 0 aromatic heterocycles. The lowest BCUT2D eigenvalue weighted by Crippen LogP contribution is -2.45. The number of benzene rings is 1. The van der Waals surface area contributed by atoms with Crippen LogP contribution < -0.4 is 5.32 Å². The summed E-state index contributed by atoms with van der Waals surface area (Å²) in [6.07, 6.45) is 4.53. The van der Waals surface area contributed by atoms with Crippen molar-refractivity contribution in [2.45, 2.75) is 51.2 Å². The summed E-state index contributed by atoms with van der Waals surface area (Å²) in [6, 6.07) is 4.01. The van der Waals surface area contributed by atoms with Gasteiger partial charge < -0.3 is 10.1 Å². The van der Waals surface area contributed by atoms with Gasteiger partial charge >= 0.3 is 0 Å². The molecule has 1 N–H and O–H groups in total. The van der Waals surface area contributed by atoms with Gasteiger partial charge in [0, 0.05) is 18.2 Å². The number of hydrogen-bond acceptors (Lipinski definition) is 2. The topological polar surface area (TPSA) is 21.3 Å². The van der Waals surface area contributed by atoms with Crippen molar-refractivity contribution in [2.75, 3.05) is 13.2 Å². The predicted molar refractivity (Wildman–Crippen MR) is 75.7 cm³/mol. The van der Waals surface area contributed by atoms with Crippen LogP contribution in [0, 0.1) is 11.6 Å². The number of hydrogen-bond donors (Lipinski definition) is 1. The first-order chi connectivity index (χ1) is 9.72. The van der Waals surface area contributed by atoms with Crippen LogP contribution in [-0.4, -0.2) is 25.3 Å². The summed E-state index contributed by atoms with van der Waals surface area (Å²) in [5.41, 5.74) is 0.162. The lowest BCUT2D eigenvalue weighted by Gasteiger charge is -2.31. The molecule has 0 saturated carbocycles. The van der Waals surface area contributed by atoms with E-state index >= 15 is 0 Å². The van der Waals surface area contributed by atoms with E-state index in [9.17, 15) is 8.78 Å². The molecule has 1 aromatic carbocycles. The quantitative estimate of drug-likeness (QED) is 0.863. The van der Waals surface area contributed by atoms with Crippen molar-refractivity contribution < 1.29 is 13.5 Å². The van der Waals surface area contributed by atoms with E-state index in [1.165, 1.54) is 18.2 Å². The lowest BCUT2D eigenvalue weighted by atomic mass is 9.95. The van der Waals surface area contributed by atoms with Gasteiger partial charge in [0.2, 0.25) is 0 Å². The first kappa shape index (κ1) is 15.4. The van der Waals surface area contributed by atoms with Crippen molar-refractivity contribution in [3.63, 3.8) is 0 Å². The summed E-state index contributed by atoms with van der Waals surface area (Å²) >= 11 is 0. The number of halogens is 2. The van der Waals surface area contributed by atoms with Gasteiger partial charge in [-0.25, -0.2) is 8.78 Å². The monoisotopic (exact) mass is 283 g/mol. The highest BCUT2D eigenvalue weighted by Gasteiger charge is 2.26. The highest BCUT2D eigenvalue weighted by molar-refractivity contribution is 5.21. The largest absolute Gasteiger partial charge is 0.377 e. The molecule has 2 rings (SSSR count). The fraction of sp³-hybridized carbons (Fsp3) is 0.625. The zero-order valence-electron chi connectivity index (χ0n) is 12.0. The minimum absolute atomic E-state index is 0.0263. The van der Waals surface area contributed by atoms with Gasteiger partial charge in [-0.1, -0.05) is 13.0 Å². The highest BCUT2D eigenvalue weighted by atomic mass is 19.1. The molecule has 1 aliphatic heterocycles. The van der Waals surface area contributed by atoms with E-state index in [1.54, 1.807) is 0 Å². The molecule has 1 saturated heterocycles. The van der Waals surface area contributed by atoms with Gasteiger partial charge in [-0.2, -0.15) is 0 Å². The van der Waals surface area contributed by atoms with Gasteiger partial charge in [0.15, 0.2) is 0 Å². The van der Waals surface area contributed by atoms with Crippen LogP contribution in [0.3, 0.4) is 0 Å². The maximum Gasteiger partial charge on any atom is 0.129 e. The van der Waals surface area contributed by atoms with Crippen LogP contribution in [0.5, 0.6) is 0 Å². The normalized spacial score (nSPS) is 20.9. The van der Waals surface area contributed by atoms with E-state index in [4.69, 9.17) is 4.74 Å². The van der Waals surface area contributed by atoms with E-state index in [2.05, 4.69) is 12.2 Å². The Hall–Kier alpha value is -1.00. The Morgan fingerprint density at radius 2 is 2.05 bits per heavy atom. The highest BCUT2D eigenvalue weighted by Crippen LogP contribution is 2.21. The third-order valence-electron chi connectivity index (χ3n) is 3.81. The van der Waals surface area contributed by atoms with Gasteiger partial charge in [0.25, 0.3) is 0 Å². The first-order valence-electron chi connectivity index (χ1n) is 7.50. The Kier molecular flexibility index (Phi) is 5.92. The maximum absolute atomic E-state index is 13.8. The molecule has 4 heteroatoms. The maximum atomic E-state index is 13.8. The molecule has 0 aliphatic carbocycles. The van der Waals surface area contributed by atoms with Gasteiger partial charge in [0.05, 0.1) is 6.10 Å². The Balaban J connectivity index is 2.09. The van der Waals surface area contributed by atoms with Gasteiger partial charge in [-0.3, -0.25) is 0 Å². The summed E-state index contributed by atoms with van der Waals surface area (Å²) in [4.78, 5) is 0. The molecule has 2 nitrogen and oxygen atoms in total. The number of nitrogens with one attached hydrogen (secondary N) is 1. The standard InChI is InChI=1S/C16H23F2NO/c1-2-9-19-15(16-8-3-4-10-20-16)11-12-13(17)6-5-7-14(12)18/h5-7,15-16,19H,2-4,8-11H2,1H3. The molecule has 0 amide bonds. The third kappa shape index (κ3) is 4.00. The minimum atomic E-state index is -0.468. The van der Waals surface area contributed by atoms with Crippen LogP contribution in [0.1, 0.15) is 38.2 Å². The van der Waals surface area contributed by atoms with Crippen LogP contribution >= 0.6 is 0 Å². The Labute approximate surface area is 119 Å². The van der Waals surface area contributed by atoms with Crippen LogP contribution in [0.4, 0.5) is 8.78 Å². The third-order valence-corrected chi connectivity index (χ3v) is 3.81. The molecule has 1 aliphatic rings. The summed E-state index contributed by atoms with van der Waals surface area (Å²) in [5, 5.41) is 3.38. The molecule has 1 aromatic rings. The van der Waals surface area contributed by atoms with Crippen LogP contribution in [-0.2, 0) is 11.2 Å². The van der Waals surface area contributed by atoms with Crippen LogP contribution in [0.25, 0.3) is 0 Å². The van der Waals surface area contributed by atoms with E-state index < -0.39 is 11.6 Å². The van der Waals surface area contributed by atoms with Crippen LogP contribution in [0.2, 0.25) is 0 Å². The zero-order valence-corrected chi connectivity index (χ0v) is 12.0. The fourth-order valence-corrected chi connectivity index (χ4v) is 2.70. The molecular weight excluding hydrogens is 260 g/mol. The average Bonchev–Trinajstić information content (AvgIpc) is 2.47. The second-order valence-corrected chi connectivity index (χ2v) is 5.37. The van der Waals surface area contributed by atoms with Gasteiger partial charge in [-0.05, 0) is 50.8 Å². The minimum Gasteiger partial charge on any atom is -0.377 e. The molecule has 20 heavy (non-hydrogen) atoms. The van der Waals surface area contributed by atoms with E-state index in [0.29, 0.717) is 6.42 Å². The van der Waals surface area contributed by atoms with Crippen LogP contribution in [0.15, 0.2) is 18.2 Å². The smallest absolute Gasteiger partial charge is 0.129 e. The first-order valence-corrected chi connectivity index (χ1v) is 7.50. The molecule has 1 fully saturated rings. The van der Waals surface area contributed by atoms with Crippen molar-refractivity contribution in [1.82, 2.24) is 5.32 Å². The Morgan fingerprint density at radius 3 is 2.65 bits per heavy atom. The molecule has 2 atom stereocenters. The van der Waals surface area contributed by atoms with Crippen molar-refractivity contribution >= 4 is 0 Å². The van der Waals surface area contributed by atoms with Gasteiger partial charge in [0.1, 0.15) is 11.6 Å². The molecule has 1 heterocycles. The molecule has 2 unspecified atom stereocenters. The SMILES string of the molecule is CCCNC(Cc1c(F)cccc1F)C1CCCCO1. The predicted octanol–water partition coefficient (Wildman–Crippen LogP) is 3.44. The lowest BCUT2D eigenvalue weighted by molar-refractivity contribution is -0.00766. The molecule has 0 spiro atoms. The van der Waals surface area contributed by atoms with Crippen molar-refractivity contribution in [1.29, 1.82) is 0 Å². The molecule has 112 valence electrons. The Bertz CT molecular complexity index is 399. The van der Waals surface area contributed by atoms with E-state index in [1.807, 2.05) is 0 Å². The van der Waals surface area contributed by atoms with E-state index in [0.717, 1.165) is 38.8 Å².